The first-order valence-corrected chi connectivity index (χ1v) is 11.7. The number of aromatic hydroxyl groups is 1. The smallest absolute Gasteiger partial charge is 0.339 e. The number of rotatable bonds is 7. The maximum Gasteiger partial charge on any atom is 0.339 e. The molecule has 0 fully saturated rings. The molecule has 8 nitrogen and oxygen atoms in total. The first-order valence-electron chi connectivity index (χ1n) is 11.7. The summed E-state index contributed by atoms with van der Waals surface area (Å²) in [6, 6.07) is 8.65. The number of carboxylic acid groups (broad SMARTS) is 1. The SMILES string of the molecule is Cc1c(CCC(=O)NC(Cc2ccc(O)cc2)C(=O)O)c(=O)oc2cc3occ(C(C)(C)C)c3cc12. The summed E-state index contributed by atoms with van der Waals surface area (Å²) >= 11 is 0. The van der Waals surface area contributed by atoms with Crippen LogP contribution in [0.2, 0.25) is 0 Å². The lowest BCUT2D eigenvalue weighted by atomic mass is 9.86. The van der Waals surface area contributed by atoms with E-state index in [0.29, 0.717) is 22.3 Å². The fourth-order valence-electron chi connectivity index (χ4n) is 4.35. The van der Waals surface area contributed by atoms with Crippen LogP contribution in [0.1, 0.15) is 49.4 Å². The van der Waals surface area contributed by atoms with Gasteiger partial charge >= 0.3 is 11.6 Å². The van der Waals surface area contributed by atoms with Crippen molar-refractivity contribution < 1.29 is 28.6 Å². The summed E-state index contributed by atoms with van der Waals surface area (Å²) in [5.74, 6) is -1.58. The zero-order valence-electron chi connectivity index (χ0n) is 20.7. The van der Waals surface area contributed by atoms with E-state index in [4.69, 9.17) is 8.83 Å². The molecule has 3 N–H and O–H groups in total. The van der Waals surface area contributed by atoms with Crippen molar-refractivity contribution in [1.29, 1.82) is 0 Å². The number of benzene rings is 2. The van der Waals surface area contributed by atoms with Gasteiger partial charge in [-0.2, -0.15) is 0 Å². The molecule has 0 bridgehead atoms. The van der Waals surface area contributed by atoms with E-state index in [1.54, 1.807) is 24.5 Å². The van der Waals surface area contributed by atoms with Gasteiger partial charge in [0.25, 0.3) is 0 Å². The quantitative estimate of drug-likeness (QED) is 0.322. The number of hydrogen-bond acceptors (Lipinski definition) is 6. The second kappa shape index (κ2) is 9.53. The normalized spacial score (nSPS) is 12.7. The third-order valence-electron chi connectivity index (χ3n) is 6.40. The molecule has 1 amide bonds. The zero-order chi connectivity index (χ0) is 26.2. The molecule has 0 radical (unpaired) electrons. The Balaban J connectivity index is 1.55. The number of amides is 1. The molecule has 0 spiro atoms. The third kappa shape index (κ3) is 5.12. The maximum absolute atomic E-state index is 12.7. The van der Waals surface area contributed by atoms with Crippen LogP contribution >= 0.6 is 0 Å². The molecule has 8 heteroatoms. The first kappa shape index (κ1) is 25.0. The van der Waals surface area contributed by atoms with Crippen molar-refractivity contribution in [2.24, 2.45) is 0 Å². The Labute approximate surface area is 207 Å². The van der Waals surface area contributed by atoms with Gasteiger partial charge in [-0.3, -0.25) is 4.79 Å². The van der Waals surface area contributed by atoms with E-state index in [1.165, 1.54) is 12.1 Å². The van der Waals surface area contributed by atoms with E-state index in [9.17, 15) is 24.6 Å². The van der Waals surface area contributed by atoms with Crippen LogP contribution < -0.4 is 10.9 Å². The number of phenols is 1. The van der Waals surface area contributed by atoms with Crippen molar-refractivity contribution in [2.45, 2.75) is 58.4 Å². The van der Waals surface area contributed by atoms with Crippen LogP contribution in [0.5, 0.6) is 5.75 Å². The number of phenolic OH excluding ortho intramolecular Hbond substituents is 1. The van der Waals surface area contributed by atoms with Gasteiger partial charge in [0, 0.05) is 40.8 Å². The highest BCUT2D eigenvalue weighted by atomic mass is 16.4. The van der Waals surface area contributed by atoms with Crippen LogP contribution in [-0.2, 0) is 27.8 Å². The summed E-state index contributed by atoms with van der Waals surface area (Å²) in [6.45, 7) is 8.10. The van der Waals surface area contributed by atoms with E-state index >= 15 is 0 Å². The van der Waals surface area contributed by atoms with Crippen molar-refractivity contribution in [3.8, 4) is 5.75 Å². The number of nitrogens with one attached hydrogen (secondary N) is 1. The average molecular weight is 492 g/mol. The van der Waals surface area contributed by atoms with E-state index in [2.05, 4.69) is 26.1 Å². The van der Waals surface area contributed by atoms with E-state index in [0.717, 1.165) is 21.9 Å². The predicted molar refractivity (Wildman–Crippen MR) is 135 cm³/mol. The third-order valence-corrected chi connectivity index (χ3v) is 6.40. The lowest BCUT2D eigenvalue weighted by Crippen LogP contribution is -2.42. The summed E-state index contributed by atoms with van der Waals surface area (Å²) in [7, 11) is 0. The minimum atomic E-state index is -1.17. The molecule has 1 atom stereocenters. The minimum Gasteiger partial charge on any atom is -0.508 e. The number of furan rings is 1. The topological polar surface area (TPSA) is 130 Å². The number of hydrogen-bond donors (Lipinski definition) is 3. The van der Waals surface area contributed by atoms with Crippen molar-refractivity contribution in [1.82, 2.24) is 5.32 Å². The molecular formula is C28H29NO7. The van der Waals surface area contributed by atoms with E-state index in [1.807, 2.05) is 13.0 Å². The number of carbonyl (C=O) groups is 2. The molecule has 2 aromatic carbocycles. The van der Waals surface area contributed by atoms with Gasteiger partial charge in [-0.25, -0.2) is 9.59 Å². The Kier molecular flexibility index (Phi) is 6.63. The number of fused-ring (bicyclic) bond motifs is 2. The van der Waals surface area contributed by atoms with Gasteiger partial charge in [0.05, 0.1) is 6.26 Å². The molecule has 4 aromatic rings. The minimum absolute atomic E-state index is 0.0648. The standard InChI is InChI=1S/C28H29NO7/c1-15-18(9-10-25(31)29-22(26(32)33)11-16-5-7-17(30)8-6-16)27(34)36-24-13-23-20(12-19(15)24)21(14-35-23)28(2,3)4/h5-8,12-14,22,30H,9-11H2,1-4H3,(H,29,31)(H,32,33). The maximum atomic E-state index is 12.7. The van der Waals surface area contributed by atoms with Gasteiger partial charge in [0.1, 0.15) is 23.0 Å². The molecule has 36 heavy (non-hydrogen) atoms. The predicted octanol–water partition coefficient (Wildman–Crippen LogP) is 4.60. The van der Waals surface area contributed by atoms with E-state index in [-0.39, 0.29) is 30.4 Å². The Bertz CT molecular complexity index is 1500. The monoisotopic (exact) mass is 491 g/mol. The highest BCUT2D eigenvalue weighted by Crippen LogP contribution is 2.35. The Morgan fingerprint density at radius 3 is 2.39 bits per heavy atom. The van der Waals surface area contributed by atoms with Gasteiger partial charge in [-0.05, 0) is 48.1 Å². The first-order chi connectivity index (χ1) is 16.9. The van der Waals surface area contributed by atoms with Gasteiger partial charge < -0.3 is 24.4 Å². The van der Waals surface area contributed by atoms with Gasteiger partial charge in [-0.15, -0.1) is 0 Å². The second-order valence-electron chi connectivity index (χ2n) is 10.1. The molecule has 0 saturated heterocycles. The van der Waals surface area contributed by atoms with Crippen molar-refractivity contribution in [2.75, 3.05) is 0 Å². The summed E-state index contributed by atoms with van der Waals surface area (Å²) < 4.78 is 11.3. The van der Waals surface area contributed by atoms with Crippen LogP contribution in [0, 0.1) is 6.92 Å². The average Bonchev–Trinajstić information content (AvgIpc) is 3.22. The number of aliphatic carboxylic acids is 1. The van der Waals surface area contributed by atoms with Gasteiger partial charge in [-0.1, -0.05) is 32.9 Å². The Morgan fingerprint density at radius 2 is 1.75 bits per heavy atom. The summed E-state index contributed by atoms with van der Waals surface area (Å²) in [5.41, 5.74) is 3.17. The fraction of sp³-hybridized carbons (Fsp3) is 0.321. The molecule has 0 aliphatic carbocycles. The molecular weight excluding hydrogens is 462 g/mol. The molecule has 1 unspecified atom stereocenters. The molecule has 2 heterocycles. The van der Waals surface area contributed by atoms with Crippen LogP contribution in [-0.4, -0.2) is 28.1 Å². The summed E-state index contributed by atoms with van der Waals surface area (Å²) in [6.07, 6.45) is 1.82. The van der Waals surface area contributed by atoms with Crippen LogP contribution in [0.4, 0.5) is 0 Å². The molecule has 2 aromatic heterocycles. The number of aryl methyl sites for hydroxylation is 1. The van der Waals surface area contributed by atoms with Crippen molar-refractivity contribution in [3.63, 3.8) is 0 Å². The molecule has 188 valence electrons. The van der Waals surface area contributed by atoms with E-state index < -0.39 is 23.5 Å². The molecule has 0 saturated carbocycles. The van der Waals surface area contributed by atoms with Gasteiger partial charge in [0.15, 0.2) is 0 Å². The van der Waals surface area contributed by atoms with Crippen molar-refractivity contribution in [3.05, 3.63) is 75.3 Å². The van der Waals surface area contributed by atoms with Crippen LogP contribution in [0.15, 0.2) is 56.3 Å². The zero-order valence-corrected chi connectivity index (χ0v) is 20.7. The molecule has 0 aliphatic rings. The Morgan fingerprint density at radius 1 is 1.06 bits per heavy atom. The summed E-state index contributed by atoms with van der Waals surface area (Å²) in [4.78, 5) is 37.0. The highest BCUT2D eigenvalue weighted by molar-refractivity contribution is 5.97. The number of carbonyl (C=O) groups excluding carboxylic acids is 1. The summed E-state index contributed by atoms with van der Waals surface area (Å²) in [5, 5.41) is 23.2. The lowest BCUT2D eigenvalue weighted by molar-refractivity contribution is -0.141. The van der Waals surface area contributed by atoms with Crippen molar-refractivity contribution >= 4 is 33.8 Å². The van der Waals surface area contributed by atoms with Crippen LogP contribution in [0.3, 0.4) is 0 Å². The molecule has 4 rings (SSSR count). The lowest BCUT2D eigenvalue weighted by Gasteiger charge is -2.17. The fourth-order valence-corrected chi connectivity index (χ4v) is 4.35. The largest absolute Gasteiger partial charge is 0.508 e. The van der Waals surface area contributed by atoms with Gasteiger partial charge in [0.2, 0.25) is 5.91 Å². The number of carboxylic acids is 1. The molecule has 0 aliphatic heterocycles. The Hall–Kier alpha value is -4.07. The highest BCUT2D eigenvalue weighted by Gasteiger charge is 2.23. The second-order valence-corrected chi connectivity index (χ2v) is 10.1. The van der Waals surface area contributed by atoms with Crippen LogP contribution in [0.25, 0.3) is 21.9 Å².